The van der Waals surface area contributed by atoms with Gasteiger partial charge in [0.1, 0.15) is 0 Å². The Hall–Kier alpha value is -1.17. The molecule has 1 amide bonds. The Kier molecular flexibility index (Phi) is 4.15. The molecule has 1 aromatic rings. The van der Waals surface area contributed by atoms with Crippen LogP contribution < -0.4 is 0 Å². The van der Waals surface area contributed by atoms with Crippen LogP contribution in [0.5, 0.6) is 0 Å². The van der Waals surface area contributed by atoms with Crippen LogP contribution in [0.3, 0.4) is 0 Å². The van der Waals surface area contributed by atoms with E-state index in [0.717, 1.165) is 12.8 Å². The van der Waals surface area contributed by atoms with Gasteiger partial charge in [0.25, 0.3) is 0 Å². The Morgan fingerprint density at radius 2 is 2.33 bits per heavy atom. The van der Waals surface area contributed by atoms with Gasteiger partial charge >= 0.3 is 0 Å². The maximum absolute atomic E-state index is 12.4. The number of rotatable bonds is 7. The number of aliphatic hydroxyl groups is 1. The fourth-order valence-corrected chi connectivity index (χ4v) is 3.73. The number of nitrogens with zero attached hydrogens (tertiary/aromatic N) is 2. The predicted octanol–water partition coefficient (Wildman–Crippen LogP) is 1.72. The molecule has 1 N–H and O–H groups in total. The van der Waals surface area contributed by atoms with Gasteiger partial charge in [0.05, 0.1) is 18.7 Å². The van der Waals surface area contributed by atoms with Crippen LogP contribution in [-0.4, -0.2) is 52.6 Å². The lowest BCUT2D eigenvalue weighted by atomic mass is 9.89. The number of thiophene rings is 1. The van der Waals surface area contributed by atoms with Crippen LogP contribution in [0.4, 0.5) is 0 Å². The number of hydrogen-bond donors (Lipinski definition) is 1. The molecule has 0 radical (unpaired) electrons. The summed E-state index contributed by atoms with van der Waals surface area (Å²) in [7, 11) is 0. The molecule has 114 valence electrons. The summed E-state index contributed by atoms with van der Waals surface area (Å²) in [5.41, 5.74) is -0.517. The van der Waals surface area contributed by atoms with Crippen molar-refractivity contribution < 1.29 is 9.90 Å². The molecule has 1 aliphatic heterocycles. The predicted molar refractivity (Wildman–Crippen MR) is 84.0 cm³/mol. The van der Waals surface area contributed by atoms with E-state index in [9.17, 15) is 9.90 Å². The summed E-state index contributed by atoms with van der Waals surface area (Å²) in [6, 6.07) is 4.05. The van der Waals surface area contributed by atoms with Gasteiger partial charge in [-0.05, 0) is 30.2 Å². The number of likely N-dealkylation sites (tertiary alicyclic amines) is 1. The summed E-state index contributed by atoms with van der Waals surface area (Å²) < 4.78 is 0. The Bertz CT molecular complexity index is 504. The quantitative estimate of drug-likeness (QED) is 0.780. The molecule has 21 heavy (non-hydrogen) atoms. The molecule has 0 atom stereocenters. The Balaban J connectivity index is 1.51. The third-order valence-corrected chi connectivity index (χ3v) is 5.18. The first-order valence-electron chi connectivity index (χ1n) is 7.46. The second-order valence-electron chi connectivity index (χ2n) is 6.17. The average molecular weight is 306 g/mol. The lowest BCUT2D eigenvalue weighted by Crippen LogP contribution is -2.64. The van der Waals surface area contributed by atoms with Crippen LogP contribution in [0.2, 0.25) is 0 Å². The van der Waals surface area contributed by atoms with Crippen molar-refractivity contribution in [2.75, 3.05) is 26.2 Å². The smallest absolute Gasteiger partial charge is 0.237 e. The van der Waals surface area contributed by atoms with Crippen molar-refractivity contribution in [2.24, 2.45) is 5.92 Å². The highest BCUT2D eigenvalue weighted by molar-refractivity contribution is 7.09. The topological polar surface area (TPSA) is 43.8 Å². The number of hydrogen-bond acceptors (Lipinski definition) is 4. The lowest BCUT2D eigenvalue weighted by molar-refractivity contribution is -0.144. The molecule has 0 aromatic carbocycles. The molecular weight excluding hydrogens is 284 g/mol. The molecule has 1 saturated carbocycles. The molecule has 2 aliphatic rings. The zero-order chi connectivity index (χ0) is 14.9. The molecule has 2 heterocycles. The summed E-state index contributed by atoms with van der Waals surface area (Å²) in [6.45, 7) is 6.63. The molecule has 1 aromatic heterocycles. The molecule has 1 aliphatic carbocycles. The molecule has 5 heteroatoms. The molecule has 0 spiro atoms. The van der Waals surface area contributed by atoms with Crippen LogP contribution in [0, 0.1) is 5.92 Å². The Labute approximate surface area is 129 Å². The van der Waals surface area contributed by atoms with E-state index in [0.29, 0.717) is 38.6 Å². The SMILES string of the molecule is C=CCN(Cc1cccs1)C(=O)CN1CC(O)(C2CC2)C1. The van der Waals surface area contributed by atoms with Crippen molar-refractivity contribution in [2.45, 2.75) is 25.0 Å². The second kappa shape index (κ2) is 5.91. The van der Waals surface area contributed by atoms with E-state index in [-0.39, 0.29) is 5.91 Å². The highest BCUT2D eigenvalue weighted by Gasteiger charge is 2.52. The highest BCUT2D eigenvalue weighted by atomic mass is 32.1. The minimum Gasteiger partial charge on any atom is -0.387 e. The van der Waals surface area contributed by atoms with Crippen LogP contribution in [0.15, 0.2) is 30.2 Å². The van der Waals surface area contributed by atoms with Crippen molar-refractivity contribution in [3.8, 4) is 0 Å². The van der Waals surface area contributed by atoms with Gasteiger partial charge in [-0.3, -0.25) is 9.69 Å². The van der Waals surface area contributed by atoms with Gasteiger partial charge in [-0.15, -0.1) is 17.9 Å². The summed E-state index contributed by atoms with van der Waals surface area (Å²) >= 11 is 1.66. The maximum Gasteiger partial charge on any atom is 0.237 e. The van der Waals surface area contributed by atoms with E-state index in [1.54, 1.807) is 17.4 Å². The van der Waals surface area contributed by atoms with Gasteiger partial charge < -0.3 is 10.0 Å². The number of β-amino-alcohol motifs (C(OH)–C–C–N with tert-alkyl or cyclic N) is 1. The average Bonchev–Trinajstić information content (AvgIpc) is 3.15. The van der Waals surface area contributed by atoms with Crippen molar-refractivity contribution >= 4 is 17.2 Å². The maximum atomic E-state index is 12.4. The van der Waals surface area contributed by atoms with Crippen LogP contribution in [0.1, 0.15) is 17.7 Å². The molecule has 1 saturated heterocycles. The molecule has 0 unspecified atom stereocenters. The summed E-state index contributed by atoms with van der Waals surface area (Å²) in [5, 5.41) is 12.3. The minimum atomic E-state index is -0.517. The molecular formula is C16H22N2O2S. The highest BCUT2D eigenvalue weighted by Crippen LogP contribution is 2.44. The van der Waals surface area contributed by atoms with Crippen molar-refractivity contribution in [3.63, 3.8) is 0 Å². The molecule has 2 fully saturated rings. The summed E-state index contributed by atoms with van der Waals surface area (Å²) in [6.07, 6.45) is 4.04. The molecule has 0 bridgehead atoms. The van der Waals surface area contributed by atoms with Gasteiger partial charge in [0.15, 0.2) is 0 Å². The van der Waals surface area contributed by atoms with E-state index in [1.807, 2.05) is 27.3 Å². The Morgan fingerprint density at radius 1 is 1.57 bits per heavy atom. The second-order valence-corrected chi connectivity index (χ2v) is 7.20. The van der Waals surface area contributed by atoms with Gasteiger partial charge in [0, 0.05) is 24.5 Å². The Morgan fingerprint density at radius 3 is 2.90 bits per heavy atom. The molecule has 3 rings (SSSR count). The zero-order valence-corrected chi connectivity index (χ0v) is 13.0. The van der Waals surface area contributed by atoms with Gasteiger partial charge in [-0.25, -0.2) is 0 Å². The summed E-state index contributed by atoms with van der Waals surface area (Å²) in [4.78, 5) is 17.5. The first-order valence-corrected chi connectivity index (χ1v) is 8.34. The van der Waals surface area contributed by atoms with Crippen molar-refractivity contribution in [1.29, 1.82) is 0 Å². The van der Waals surface area contributed by atoms with Gasteiger partial charge in [-0.1, -0.05) is 12.1 Å². The van der Waals surface area contributed by atoms with E-state index < -0.39 is 5.60 Å². The number of carbonyl (C=O) groups is 1. The van der Waals surface area contributed by atoms with Crippen LogP contribution in [0.25, 0.3) is 0 Å². The number of amides is 1. The lowest BCUT2D eigenvalue weighted by Gasteiger charge is -2.47. The van der Waals surface area contributed by atoms with Crippen LogP contribution in [-0.2, 0) is 11.3 Å². The van der Waals surface area contributed by atoms with Crippen molar-refractivity contribution in [3.05, 3.63) is 35.0 Å². The monoisotopic (exact) mass is 306 g/mol. The minimum absolute atomic E-state index is 0.112. The zero-order valence-electron chi connectivity index (χ0n) is 12.2. The number of carbonyl (C=O) groups excluding carboxylic acids is 1. The van der Waals surface area contributed by atoms with Crippen molar-refractivity contribution in [1.82, 2.24) is 9.80 Å². The van der Waals surface area contributed by atoms with E-state index >= 15 is 0 Å². The summed E-state index contributed by atoms with van der Waals surface area (Å²) in [5.74, 6) is 0.584. The standard InChI is InChI=1S/C16H22N2O2S/c1-2-7-18(9-14-4-3-8-21-14)15(19)10-17-11-16(20,12-17)13-5-6-13/h2-4,8,13,20H,1,5-7,9-12H2. The van der Waals surface area contributed by atoms with E-state index in [4.69, 9.17) is 0 Å². The third kappa shape index (κ3) is 3.36. The van der Waals surface area contributed by atoms with Crippen LogP contribution >= 0.6 is 11.3 Å². The fourth-order valence-electron chi connectivity index (χ4n) is 3.01. The normalized spacial score (nSPS) is 20.8. The third-order valence-electron chi connectivity index (χ3n) is 4.32. The van der Waals surface area contributed by atoms with E-state index in [2.05, 4.69) is 6.58 Å². The van der Waals surface area contributed by atoms with Gasteiger partial charge in [0.2, 0.25) is 5.91 Å². The fraction of sp³-hybridized carbons (Fsp3) is 0.562. The largest absolute Gasteiger partial charge is 0.387 e. The van der Waals surface area contributed by atoms with Gasteiger partial charge in [-0.2, -0.15) is 0 Å². The molecule has 4 nitrogen and oxygen atoms in total. The van der Waals surface area contributed by atoms with E-state index in [1.165, 1.54) is 4.88 Å². The first kappa shape index (κ1) is 14.8. The first-order chi connectivity index (χ1) is 10.1.